The van der Waals surface area contributed by atoms with Gasteiger partial charge in [0, 0.05) is 10.8 Å². The van der Waals surface area contributed by atoms with Crippen LogP contribution in [0, 0.1) is 17.2 Å². The summed E-state index contributed by atoms with van der Waals surface area (Å²) in [6, 6.07) is 6.04. The van der Waals surface area contributed by atoms with E-state index in [0.29, 0.717) is 17.7 Å². The number of oxazole rings is 1. The molecule has 5 nitrogen and oxygen atoms in total. The predicted octanol–water partition coefficient (Wildman–Crippen LogP) is 5.52. The van der Waals surface area contributed by atoms with Crippen molar-refractivity contribution in [1.29, 1.82) is 5.26 Å². The van der Waals surface area contributed by atoms with Crippen molar-refractivity contribution >= 4 is 23.4 Å². The van der Waals surface area contributed by atoms with E-state index in [-0.39, 0.29) is 5.69 Å². The number of unbranched alkanes of at least 4 members (excludes halogenated alkanes) is 1. The third-order valence-corrected chi connectivity index (χ3v) is 5.62. The van der Waals surface area contributed by atoms with Crippen LogP contribution in [0.15, 0.2) is 27.0 Å². The summed E-state index contributed by atoms with van der Waals surface area (Å²) >= 11 is 1.60. The van der Waals surface area contributed by atoms with Crippen LogP contribution >= 0.6 is 11.3 Å². The van der Waals surface area contributed by atoms with Gasteiger partial charge < -0.3 is 4.42 Å². The molecule has 0 radical (unpaired) electrons. The van der Waals surface area contributed by atoms with E-state index in [1.165, 1.54) is 32.1 Å². The van der Waals surface area contributed by atoms with Crippen molar-refractivity contribution in [2.24, 2.45) is 11.0 Å². The molecule has 0 saturated heterocycles. The first-order chi connectivity index (χ1) is 12.3. The van der Waals surface area contributed by atoms with Crippen LogP contribution in [0.25, 0.3) is 0 Å². The average Bonchev–Trinajstić information content (AvgIpc) is 3.30. The van der Waals surface area contributed by atoms with Crippen molar-refractivity contribution in [3.8, 4) is 6.07 Å². The molecule has 6 heteroatoms. The van der Waals surface area contributed by atoms with Crippen LogP contribution in [0.5, 0.6) is 0 Å². The van der Waals surface area contributed by atoms with Gasteiger partial charge in [-0.05, 0) is 43.0 Å². The minimum atomic E-state index is 0.284. The number of rotatable bonds is 7. The highest BCUT2D eigenvalue weighted by molar-refractivity contribution is 7.11. The van der Waals surface area contributed by atoms with Crippen LogP contribution in [0.4, 0.5) is 5.88 Å². The first-order valence-corrected chi connectivity index (χ1v) is 9.91. The molecule has 1 saturated carbocycles. The number of hydrogen-bond acceptors (Lipinski definition) is 6. The first-order valence-electron chi connectivity index (χ1n) is 9.03. The van der Waals surface area contributed by atoms with Crippen molar-refractivity contribution < 1.29 is 4.42 Å². The molecule has 0 aliphatic heterocycles. The third-order valence-electron chi connectivity index (χ3n) is 4.81. The van der Waals surface area contributed by atoms with Gasteiger partial charge in [0.2, 0.25) is 11.6 Å². The van der Waals surface area contributed by atoms with Gasteiger partial charge in [-0.25, -0.2) is 10.4 Å². The number of nitriles is 1. The lowest BCUT2D eigenvalue weighted by atomic mass is 9.80. The molecule has 1 N–H and O–H groups in total. The molecule has 0 atom stereocenters. The molecule has 0 amide bonds. The Morgan fingerprint density at radius 3 is 2.96 bits per heavy atom. The van der Waals surface area contributed by atoms with Crippen LogP contribution in [-0.4, -0.2) is 11.2 Å². The molecular weight excluding hydrogens is 332 g/mol. The molecule has 0 bridgehead atoms. The third kappa shape index (κ3) is 4.70. The highest BCUT2D eigenvalue weighted by atomic mass is 32.1. The molecule has 0 unspecified atom stereocenters. The van der Waals surface area contributed by atoms with Gasteiger partial charge in [0.25, 0.3) is 5.88 Å². The molecule has 2 aromatic rings. The maximum Gasteiger partial charge on any atom is 0.252 e. The molecule has 3 rings (SSSR count). The van der Waals surface area contributed by atoms with Crippen LogP contribution < -0.4 is 5.43 Å². The maximum atomic E-state index is 9.29. The summed E-state index contributed by atoms with van der Waals surface area (Å²) in [7, 11) is 0. The van der Waals surface area contributed by atoms with Crippen molar-refractivity contribution in [2.75, 3.05) is 5.43 Å². The van der Waals surface area contributed by atoms with E-state index in [0.717, 1.165) is 23.6 Å². The van der Waals surface area contributed by atoms with Gasteiger partial charge in [-0.3, -0.25) is 0 Å². The van der Waals surface area contributed by atoms with E-state index < -0.39 is 0 Å². The number of aromatic nitrogens is 1. The van der Waals surface area contributed by atoms with Crippen LogP contribution in [-0.2, 0) is 0 Å². The van der Waals surface area contributed by atoms with Crippen LogP contribution in [0.2, 0.25) is 0 Å². The van der Waals surface area contributed by atoms with E-state index >= 15 is 0 Å². The second kappa shape index (κ2) is 8.82. The average molecular weight is 356 g/mol. The summed E-state index contributed by atoms with van der Waals surface area (Å²) in [4.78, 5) is 5.43. The maximum absolute atomic E-state index is 9.29. The van der Waals surface area contributed by atoms with E-state index in [9.17, 15) is 5.26 Å². The summed E-state index contributed by atoms with van der Waals surface area (Å²) in [5.74, 6) is 2.19. The molecule has 1 aliphatic carbocycles. The topological polar surface area (TPSA) is 74.2 Å². The van der Waals surface area contributed by atoms with Gasteiger partial charge >= 0.3 is 0 Å². The number of nitrogens with one attached hydrogen (secondary N) is 1. The van der Waals surface area contributed by atoms with E-state index in [1.807, 2.05) is 17.5 Å². The number of hydrogen-bond donors (Lipinski definition) is 1. The van der Waals surface area contributed by atoms with Crippen molar-refractivity contribution in [3.05, 3.63) is 34.0 Å². The number of thiophene rings is 1. The second-order valence-corrected chi connectivity index (χ2v) is 7.57. The van der Waals surface area contributed by atoms with Crippen LogP contribution in [0.1, 0.15) is 74.2 Å². The van der Waals surface area contributed by atoms with Crippen LogP contribution in [0.3, 0.4) is 0 Å². The SMILES string of the molecule is CCCCC1CCC(c2nc(C#N)c(N/N=C/c3cccs3)o2)CC1. The van der Waals surface area contributed by atoms with E-state index in [1.54, 1.807) is 17.6 Å². The molecule has 2 heterocycles. The lowest BCUT2D eigenvalue weighted by Crippen LogP contribution is -2.13. The van der Waals surface area contributed by atoms with Gasteiger partial charge in [0.1, 0.15) is 6.07 Å². The molecule has 25 heavy (non-hydrogen) atoms. The molecule has 132 valence electrons. The van der Waals surface area contributed by atoms with Gasteiger partial charge in [-0.15, -0.1) is 11.3 Å². The summed E-state index contributed by atoms with van der Waals surface area (Å²) in [6.07, 6.45) is 10.3. The Labute approximate surface area is 152 Å². The summed E-state index contributed by atoms with van der Waals surface area (Å²) < 4.78 is 5.83. The lowest BCUT2D eigenvalue weighted by Gasteiger charge is -2.26. The molecule has 0 aromatic carbocycles. The molecular formula is C19H24N4OS. The number of anilines is 1. The monoisotopic (exact) mass is 356 g/mol. The Morgan fingerprint density at radius 1 is 1.44 bits per heavy atom. The largest absolute Gasteiger partial charge is 0.422 e. The Kier molecular flexibility index (Phi) is 6.24. The fourth-order valence-corrected chi connectivity index (χ4v) is 3.96. The Morgan fingerprint density at radius 2 is 2.28 bits per heavy atom. The number of nitrogens with zero attached hydrogens (tertiary/aromatic N) is 3. The van der Waals surface area contributed by atoms with Gasteiger partial charge in [-0.1, -0.05) is 32.3 Å². The van der Waals surface area contributed by atoms with E-state index in [4.69, 9.17) is 4.42 Å². The van der Waals surface area contributed by atoms with Crippen molar-refractivity contribution in [2.45, 2.75) is 57.8 Å². The van der Waals surface area contributed by atoms with Crippen molar-refractivity contribution in [1.82, 2.24) is 4.98 Å². The van der Waals surface area contributed by atoms with Gasteiger partial charge in [0.05, 0.1) is 6.21 Å². The molecule has 2 aromatic heterocycles. The standard InChI is InChI=1S/C19H24N4OS/c1-2-3-5-14-7-9-15(10-8-14)18-22-17(12-20)19(24-18)23-21-13-16-6-4-11-25-16/h4,6,11,13-15,23H,2-3,5,7-10H2,1H3/b21-13+. The molecule has 0 spiro atoms. The Bertz CT molecular complexity index is 721. The second-order valence-electron chi connectivity index (χ2n) is 6.59. The normalized spacial score (nSPS) is 20.6. The number of hydrazone groups is 1. The fourth-order valence-electron chi connectivity index (χ4n) is 3.37. The smallest absolute Gasteiger partial charge is 0.252 e. The van der Waals surface area contributed by atoms with Gasteiger partial charge in [-0.2, -0.15) is 10.4 Å². The fraction of sp³-hybridized carbons (Fsp3) is 0.526. The zero-order valence-electron chi connectivity index (χ0n) is 14.6. The molecule has 1 aliphatic rings. The Balaban J connectivity index is 1.60. The van der Waals surface area contributed by atoms with E-state index in [2.05, 4.69) is 28.5 Å². The highest BCUT2D eigenvalue weighted by Crippen LogP contribution is 2.38. The first kappa shape index (κ1) is 17.7. The molecule has 1 fully saturated rings. The zero-order chi connectivity index (χ0) is 17.5. The summed E-state index contributed by atoms with van der Waals surface area (Å²) in [5, 5.41) is 15.4. The minimum Gasteiger partial charge on any atom is -0.422 e. The Hall–Kier alpha value is -2.13. The zero-order valence-corrected chi connectivity index (χ0v) is 15.4. The van der Waals surface area contributed by atoms with Gasteiger partial charge in [0.15, 0.2) is 0 Å². The quantitative estimate of drug-likeness (QED) is 0.524. The highest BCUT2D eigenvalue weighted by Gasteiger charge is 2.27. The lowest BCUT2D eigenvalue weighted by molar-refractivity contribution is 0.278. The predicted molar refractivity (Wildman–Crippen MR) is 101 cm³/mol. The van der Waals surface area contributed by atoms with Crippen molar-refractivity contribution in [3.63, 3.8) is 0 Å². The minimum absolute atomic E-state index is 0.284. The summed E-state index contributed by atoms with van der Waals surface area (Å²) in [6.45, 7) is 2.25. The summed E-state index contributed by atoms with van der Waals surface area (Å²) in [5.41, 5.74) is 3.11.